The molecule has 112 valence electrons. The quantitative estimate of drug-likeness (QED) is 0.777. The van der Waals surface area contributed by atoms with E-state index in [1.54, 1.807) is 24.3 Å². The standard InChI is InChI=1S/C16H21N3O2/c17-12-13-3-1-4-14(11-13)16(20)19-7-2-10-21-15-5-8-18-9-6-15/h1,3-4,11,15,18H,2,5-10H2,(H,19,20). The second kappa shape index (κ2) is 8.40. The predicted octanol–water partition coefficient (Wildman–Crippen LogP) is 1.45. The number of piperidine rings is 1. The number of carbonyl (C=O) groups is 1. The minimum Gasteiger partial charge on any atom is -0.378 e. The van der Waals surface area contributed by atoms with E-state index in [4.69, 9.17) is 10.00 Å². The summed E-state index contributed by atoms with van der Waals surface area (Å²) in [6.45, 7) is 3.30. The molecule has 1 amide bonds. The molecular formula is C16H21N3O2. The van der Waals surface area contributed by atoms with Gasteiger partial charge in [-0.2, -0.15) is 5.26 Å². The SMILES string of the molecule is N#Cc1cccc(C(=O)NCCCOC2CCNCC2)c1. The maximum atomic E-state index is 11.9. The fourth-order valence-electron chi connectivity index (χ4n) is 2.32. The van der Waals surface area contributed by atoms with E-state index in [1.165, 1.54) is 0 Å². The van der Waals surface area contributed by atoms with E-state index < -0.39 is 0 Å². The van der Waals surface area contributed by atoms with Crippen molar-refractivity contribution in [3.05, 3.63) is 35.4 Å². The second-order valence-corrected chi connectivity index (χ2v) is 5.12. The summed E-state index contributed by atoms with van der Waals surface area (Å²) in [5.41, 5.74) is 1.02. The van der Waals surface area contributed by atoms with Crippen LogP contribution in [0.15, 0.2) is 24.3 Å². The van der Waals surface area contributed by atoms with Crippen molar-refractivity contribution in [3.8, 4) is 6.07 Å². The van der Waals surface area contributed by atoms with Crippen LogP contribution in [-0.4, -0.2) is 38.3 Å². The normalized spacial score (nSPS) is 15.4. The smallest absolute Gasteiger partial charge is 0.251 e. The van der Waals surface area contributed by atoms with E-state index >= 15 is 0 Å². The zero-order valence-corrected chi connectivity index (χ0v) is 12.1. The molecule has 0 aliphatic carbocycles. The average molecular weight is 287 g/mol. The number of rotatable bonds is 6. The van der Waals surface area contributed by atoms with Crippen molar-refractivity contribution in [1.82, 2.24) is 10.6 Å². The van der Waals surface area contributed by atoms with Gasteiger partial charge in [-0.05, 0) is 50.6 Å². The van der Waals surface area contributed by atoms with Crippen LogP contribution < -0.4 is 10.6 Å². The van der Waals surface area contributed by atoms with Gasteiger partial charge in [0, 0.05) is 18.7 Å². The van der Waals surface area contributed by atoms with Gasteiger partial charge in [0.1, 0.15) is 0 Å². The number of nitriles is 1. The van der Waals surface area contributed by atoms with Crippen LogP contribution in [0.1, 0.15) is 35.2 Å². The lowest BCUT2D eigenvalue weighted by molar-refractivity contribution is 0.0318. The van der Waals surface area contributed by atoms with E-state index in [-0.39, 0.29) is 5.91 Å². The van der Waals surface area contributed by atoms with Gasteiger partial charge in [-0.3, -0.25) is 4.79 Å². The fourth-order valence-corrected chi connectivity index (χ4v) is 2.32. The van der Waals surface area contributed by atoms with E-state index in [2.05, 4.69) is 10.6 Å². The Hall–Kier alpha value is -1.90. The second-order valence-electron chi connectivity index (χ2n) is 5.12. The first-order valence-corrected chi connectivity index (χ1v) is 7.40. The van der Waals surface area contributed by atoms with Gasteiger partial charge in [0.05, 0.1) is 17.7 Å². The molecule has 1 saturated heterocycles. The summed E-state index contributed by atoms with van der Waals surface area (Å²) in [6, 6.07) is 8.74. The lowest BCUT2D eigenvalue weighted by Gasteiger charge is -2.22. The Labute approximate surface area is 125 Å². The van der Waals surface area contributed by atoms with Gasteiger partial charge in [-0.1, -0.05) is 6.07 Å². The molecule has 0 bridgehead atoms. The molecule has 21 heavy (non-hydrogen) atoms. The van der Waals surface area contributed by atoms with Gasteiger partial charge >= 0.3 is 0 Å². The number of nitrogens with zero attached hydrogens (tertiary/aromatic N) is 1. The largest absolute Gasteiger partial charge is 0.378 e. The molecule has 2 rings (SSSR count). The van der Waals surface area contributed by atoms with Crippen molar-refractivity contribution in [2.24, 2.45) is 0 Å². The maximum Gasteiger partial charge on any atom is 0.251 e. The van der Waals surface area contributed by atoms with Gasteiger partial charge in [-0.25, -0.2) is 0 Å². The minimum absolute atomic E-state index is 0.144. The van der Waals surface area contributed by atoms with Gasteiger partial charge < -0.3 is 15.4 Å². The highest BCUT2D eigenvalue weighted by Crippen LogP contribution is 2.07. The molecule has 0 spiro atoms. The van der Waals surface area contributed by atoms with Crippen LogP contribution in [0.5, 0.6) is 0 Å². The van der Waals surface area contributed by atoms with Gasteiger partial charge in [0.15, 0.2) is 0 Å². The van der Waals surface area contributed by atoms with E-state index in [1.807, 2.05) is 6.07 Å². The van der Waals surface area contributed by atoms with Crippen LogP contribution in [0, 0.1) is 11.3 Å². The summed E-state index contributed by atoms with van der Waals surface area (Å²) in [6.07, 6.45) is 3.28. The highest BCUT2D eigenvalue weighted by molar-refractivity contribution is 5.94. The zero-order valence-electron chi connectivity index (χ0n) is 12.1. The van der Waals surface area contributed by atoms with Crippen molar-refractivity contribution >= 4 is 5.91 Å². The first kappa shape index (κ1) is 15.5. The third kappa shape index (κ3) is 5.18. The molecule has 0 saturated carbocycles. The Balaban J connectivity index is 1.63. The van der Waals surface area contributed by atoms with E-state index in [0.29, 0.717) is 30.4 Å². The Kier molecular flexibility index (Phi) is 6.20. The average Bonchev–Trinajstić information content (AvgIpc) is 2.55. The molecule has 1 aliphatic rings. The number of benzene rings is 1. The van der Waals surface area contributed by atoms with Gasteiger partial charge in [0.2, 0.25) is 0 Å². The summed E-state index contributed by atoms with van der Waals surface area (Å²) < 4.78 is 5.77. The third-order valence-electron chi connectivity index (χ3n) is 3.50. The molecule has 0 aromatic heterocycles. The van der Waals surface area contributed by atoms with Gasteiger partial charge in [0.25, 0.3) is 5.91 Å². The molecule has 1 aromatic carbocycles. The van der Waals surface area contributed by atoms with E-state index in [0.717, 1.165) is 32.4 Å². The maximum absolute atomic E-state index is 11.9. The molecule has 5 heteroatoms. The number of hydrogen-bond acceptors (Lipinski definition) is 4. The number of amides is 1. The Bertz CT molecular complexity index is 504. The topological polar surface area (TPSA) is 74.2 Å². The molecule has 0 atom stereocenters. The third-order valence-corrected chi connectivity index (χ3v) is 3.50. The summed E-state index contributed by atoms with van der Waals surface area (Å²) in [4.78, 5) is 11.9. The molecule has 1 fully saturated rings. The van der Waals surface area contributed by atoms with Crippen molar-refractivity contribution < 1.29 is 9.53 Å². The van der Waals surface area contributed by atoms with Crippen LogP contribution >= 0.6 is 0 Å². The van der Waals surface area contributed by atoms with Crippen LogP contribution in [0.2, 0.25) is 0 Å². The molecule has 1 aliphatic heterocycles. The highest BCUT2D eigenvalue weighted by Gasteiger charge is 2.12. The van der Waals surface area contributed by atoms with Gasteiger partial charge in [-0.15, -0.1) is 0 Å². The van der Waals surface area contributed by atoms with E-state index in [9.17, 15) is 4.79 Å². The first-order valence-electron chi connectivity index (χ1n) is 7.40. The zero-order chi connectivity index (χ0) is 14.9. The van der Waals surface area contributed by atoms with Crippen molar-refractivity contribution in [2.45, 2.75) is 25.4 Å². The van der Waals surface area contributed by atoms with Crippen LogP contribution in [0.4, 0.5) is 0 Å². The molecule has 0 radical (unpaired) electrons. The predicted molar refractivity (Wildman–Crippen MR) is 80.0 cm³/mol. The summed E-state index contributed by atoms with van der Waals surface area (Å²) >= 11 is 0. The molecule has 1 heterocycles. The number of ether oxygens (including phenoxy) is 1. The van der Waals surface area contributed by atoms with Crippen molar-refractivity contribution in [2.75, 3.05) is 26.2 Å². The van der Waals surface area contributed by atoms with Crippen LogP contribution in [0.3, 0.4) is 0 Å². The Morgan fingerprint density at radius 3 is 3.00 bits per heavy atom. The molecule has 2 N–H and O–H groups in total. The molecule has 1 aromatic rings. The number of nitrogens with one attached hydrogen (secondary N) is 2. The van der Waals surface area contributed by atoms with Crippen LogP contribution in [0.25, 0.3) is 0 Å². The Morgan fingerprint density at radius 2 is 2.24 bits per heavy atom. The van der Waals surface area contributed by atoms with Crippen molar-refractivity contribution in [1.29, 1.82) is 5.26 Å². The number of carbonyl (C=O) groups excluding carboxylic acids is 1. The van der Waals surface area contributed by atoms with Crippen LogP contribution in [-0.2, 0) is 4.74 Å². The summed E-state index contributed by atoms with van der Waals surface area (Å²) in [7, 11) is 0. The summed E-state index contributed by atoms with van der Waals surface area (Å²) in [5, 5.41) is 15.0. The number of hydrogen-bond donors (Lipinski definition) is 2. The minimum atomic E-state index is -0.144. The monoisotopic (exact) mass is 287 g/mol. The molecular weight excluding hydrogens is 266 g/mol. The first-order chi connectivity index (χ1) is 10.3. The van der Waals surface area contributed by atoms with Crippen molar-refractivity contribution in [3.63, 3.8) is 0 Å². The Morgan fingerprint density at radius 1 is 1.43 bits per heavy atom. The fraction of sp³-hybridized carbons (Fsp3) is 0.500. The molecule has 5 nitrogen and oxygen atoms in total. The lowest BCUT2D eigenvalue weighted by Crippen LogP contribution is -2.33. The highest BCUT2D eigenvalue weighted by atomic mass is 16.5. The lowest BCUT2D eigenvalue weighted by atomic mass is 10.1. The molecule has 0 unspecified atom stereocenters. The summed E-state index contributed by atoms with van der Waals surface area (Å²) in [5.74, 6) is -0.144.